The van der Waals surface area contributed by atoms with Crippen LogP contribution in [0.2, 0.25) is 10.0 Å². The smallest absolute Gasteiger partial charge is 0.262 e. The molecular weight excluding hydrogens is 656 g/mol. The number of nitrogens with zero attached hydrogens (tertiary/aromatic N) is 3. The Labute approximate surface area is 275 Å². The number of halogens is 3. The van der Waals surface area contributed by atoms with Gasteiger partial charge in [-0.05, 0) is 30.7 Å². The zero-order valence-electron chi connectivity index (χ0n) is 24.6. The lowest BCUT2D eigenvalue weighted by Crippen LogP contribution is -2.54. The van der Waals surface area contributed by atoms with E-state index in [9.17, 15) is 24.4 Å². The predicted octanol–water partition coefficient (Wildman–Crippen LogP) is 5.29. The quantitative estimate of drug-likeness (QED) is 0.234. The van der Waals surface area contributed by atoms with Crippen molar-refractivity contribution in [2.24, 2.45) is 0 Å². The van der Waals surface area contributed by atoms with E-state index in [1.807, 2.05) is 0 Å². The van der Waals surface area contributed by atoms with E-state index in [4.69, 9.17) is 37.4 Å². The Hall–Kier alpha value is -5.45. The molecule has 1 saturated heterocycles. The number of benzene rings is 3. The Morgan fingerprint density at radius 3 is 2.40 bits per heavy atom. The molecule has 0 radical (unpaired) electrons. The van der Waals surface area contributed by atoms with Gasteiger partial charge >= 0.3 is 0 Å². The number of ether oxygens (including phenoxy) is 3. The molecule has 47 heavy (non-hydrogen) atoms. The maximum atomic E-state index is 15.2. The lowest BCUT2D eigenvalue weighted by Gasteiger charge is -2.27. The number of carbonyl (C=O) groups excluding carboxylic acids is 4. The maximum absolute atomic E-state index is 15.2. The molecule has 1 aromatic heterocycles. The van der Waals surface area contributed by atoms with Crippen molar-refractivity contribution in [2.75, 3.05) is 19.5 Å². The van der Waals surface area contributed by atoms with Gasteiger partial charge in [-0.2, -0.15) is 5.26 Å². The molecule has 2 aliphatic rings. The molecular formula is C32H22Cl2FN5O7. The van der Waals surface area contributed by atoms with Crippen LogP contribution in [-0.4, -0.2) is 53.8 Å². The molecule has 3 heterocycles. The van der Waals surface area contributed by atoms with Crippen LogP contribution in [0.3, 0.4) is 0 Å². The van der Waals surface area contributed by atoms with E-state index in [-0.39, 0.29) is 58.2 Å². The molecule has 2 aliphatic heterocycles. The second kappa shape index (κ2) is 12.4. The molecule has 2 N–H and O–H groups in total. The molecule has 238 valence electrons. The van der Waals surface area contributed by atoms with Gasteiger partial charge in [-0.3, -0.25) is 34.4 Å². The molecule has 12 nitrogen and oxygen atoms in total. The summed E-state index contributed by atoms with van der Waals surface area (Å²) in [7, 11) is 2.85. The van der Waals surface area contributed by atoms with Crippen LogP contribution in [0.25, 0.3) is 10.9 Å². The number of amides is 4. The summed E-state index contributed by atoms with van der Waals surface area (Å²) in [5.74, 6) is -2.95. The van der Waals surface area contributed by atoms with E-state index >= 15 is 4.39 Å². The van der Waals surface area contributed by atoms with Crippen molar-refractivity contribution in [3.05, 3.63) is 80.7 Å². The summed E-state index contributed by atoms with van der Waals surface area (Å²) in [6, 6.07) is 9.25. The first-order valence-electron chi connectivity index (χ1n) is 13.9. The minimum absolute atomic E-state index is 0.0294. The fraction of sp³-hybridized carbons (Fsp3) is 0.188. The molecule has 0 bridgehead atoms. The standard InChI is InChI=1S/C32H22Cl2FN5O7/c1-45-25-10-23(19(33)8-20(25)34)38-29-15(11-36)12-37-22-9-27(26(46-2)7-18(22)29)47-13-14-5-16-17(6-21(14)35)32(44)40(31(16)43)24-3-4-28(41)39-30(24)42/h5-10,12,24H,3-4,13H2,1-2H3,(H,37,38)(H,39,41,42). The van der Waals surface area contributed by atoms with Gasteiger partial charge in [-0.25, -0.2) is 4.39 Å². The molecule has 0 spiro atoms. The number of pyridine rings is 1. The molecule has 3 aromatic carbocycles. The number of hydrogen-bond donors (Lipinski definition) is 2. The van der Waals surface area contributed by atoms with E-state index in [0.29, 0.717) is 33.0 Å². The highest BCUT2D eigenvalue weighted by Gasteiger charge is 2.45. The van der Waals surface area contributed by atoms with Crippen LogP contribution in [-0.2, 0) is 16.2 Å². The van der Waals surface area contributed by atoms with Gasteiger partial charge in [0.2, 0.25) is 11.8 Å². The lowest BCUT2D eigenvalue weighted by molar-refractivity contribution is -0.136. The highest BCUT2D eigenvalue weighted by atomic mass is 35.5. The van der Waals surface area contributed by atoms with Crippen molar-refractivity contribution in [3.63, 3.8) is 0 Å². The van der Waals surface area contributed by atoms with Crippen LogP contribution in [0, 0.1) is 17.1 Å². The number of nitrogens with one attached hydrogen (secondary N) is 2. The van der Waals surface area contributed by atoms with Crippen molar-refractivity contribution < 1.29 is 37.8 Å². The highest BCUT2D eigenvalue weighted by molar-refractivity contribution is 6.37. The molecule has 4 aromatic rings. The largest absolute Gasteiger partial charge is 0.495 e. The average Bonchev–Trinajstić information content (AvgIpc) is 3.28. The summed E-state index contributed by atoms with van der Waals surface area (Å²) in [5.41, 5.74) is 1.02. The summed E-state index contributed by atoms with van der Waals surface area (Å²) >= 11 is 12.6. The molecule has 0 saturated carbocycles. The second-order valence-electron chi connectivity index (χ2n) is 10.5. The van der Waals surface area contributed by atoms with Gasteiger partial charge in [0.15, 0.2) is 11.5 Å². The number of anilines is 2. The number of methoxy groups -OCH3 is 2. The van der Waals surface area contributed by atoms with Crippen LogP contribution in [0.1, 0.15) is 44.7 Å². The number of nitriles is 1. The van der Waals surface area contributed by atoms with Crippen LogP contribution in [0.15, 0.2) is 42.6 Å². The molecule has 15 heteroatoms. The zero-order chi connectivity index (χ0) is 33.6. The Morgan fingerprint density at radius 2 is 1.72 bits per heavy atom. The number of hydrogen-bond acceptors (Lipinski definition) is 10. The van der Waals surface area contributed by atoms with Gasteiger partial charge < -0.3 is 19.5 Å². The first kappa shape index (κ1) is 31.5. The molecule has 1 fully saturated rings. The third-order valence-corrected chi connectivity index (χ3v) is 8.37. The minimum Gasteiger partial charge on any atom is -0.495 e. The summed E-state index contributed by atoms with van der Waals surface area (Å²) in [4.78, 5) is 55.2. The summed E-state index contributed by atoms with van der Waals surface area (Å²) in [6.07, 6.45) is 1.29. The monoisotopic (exact) mass is 677 g/mol. The van der Waals surface area contributed by atoms with Crippen molar-refractivity contribution in [3.8, 4) is 23.3 Å². The van der Waals surface area contributed by atoms with E-state index in [1.165, 1.54) is 38.6 Å². The number of carbonyl (C=O) groups is 4. The van der Waals surface area contributed by atoms with Gasteiger partial charge in [0, 0.05) is 35.7 Å². The number of aromatic nitrogens is 1. The third kappa shape index (κ3) is 5.62. The van der Waals surface area contributed by atoms with E-state index in [2.05, 4.69) is 21.7 Å². The third-order valence-electron chi connectivity index (χ3n) is 7.76. The molecule has 1 unspecified atom stereocenters. The zero-order valence-corrected chi connectivity index (χ0v) is 26.1. The fourth-order valence-corrected chi connectivity index (χ4v) is 5.92. The molecule has 1 atom stereocenters. The van der Waals surface area contributed by atoms with Crippen LogP contribution < -0.4 is 24.8 Å². The van der Waals surface area contributed by atoms with Gasteiger partial charge in [-0.15, -0.1) is 0 Å². The number of piperidine rings is 1. The number of rotatable bonds is 8. The first-order valence-corrected chi connectivity index (χ1v) is 14.7. The SMILES string of the molecule is COc1cc(Nc2c(C#N)cnc3cc(OCc4cc5c(cc4F)C(=O)N(C4CCC(=O)NC4=O)C5=O)c(OC)cc23)c(Cl)cc1Cl. The van der Waals surface area contributed by atoms with Crippen molar-refractivity contribution >= 4 is 69.1 Å². The Balaban J connectivity index is 1.30. The van der Waals surface area contributed by atoms with Gasteiger partial charge in [0.25, 0.3) is 11.8 Å². The fourth-order valence-electron chi connectivity index (χ4n) is 5.41. The first-order chi connectivity index (χ1) is 22.5. The maximum Gasteiger partial charge on any atom is 0.262 e. The molecule has 4 amide bonds. The molecule has 6 rings (SSSR count). The lowest BCUT2D eigenvalue weighted by atomic mass is 10.0. The van der Waals surface area contributed by atoms with E-state index < -0.39 is 35.5 Å². The Bertz CT molecular complexity index is 2080. The van der Waals surface area contributed by atoms with Crippen molar-refractivity contribution in [2.45, 2.75) is 25.5 Å². The minimum atomic E-state index is -1.18. The van der Waals surface area contributed by atoms with E-state index in [1.54, 1.807) is 12.1 Å². The van der Waals surface area contributed by atoms with Crippen molar-refractivity contribution in [1.82, 2.24) is 15.2 Å². The highest BCUT2D eigenvalue weighted by Crippen LogP contribution is 2.41. The topological polar surface area (TPSA) is 160 Å². The van der Waals surface area contributed by atoms with Crippen LogP contribution >= 0.6 is 23.2 Å². The van der Waals surface area contributed by atoms with Gasteiger partial charge in [0.1, 0.15) is 30.3 Å². The van der Waals surface area contributed by atoms with Crippen LogP contribution in [0.4, 0.5) is 15.8 Å². The van der Waals surface area contributed by atoms with E-state index in [0.717, 1.165) is 11.0 Å². The normalized spacial score (nSPS) is 15.7. The van der Waals surface area contributed by atoms with Gasteiger partial charge in [0.05, 0.1) is 57.8 Å². The summed E-state index contributed by atoms with van der Waals surface area (Å²) in [5, 5.41) is 16.1. The number of imide groups is 2. The Morgan fingerprint density at radius 1 is 1.00 bits per heavy atom. The van der Waals surface area contributed by atoms with Crippen molar-refractivity contribution in [1.29, 1.82) is 5.26 Å². The number of fused-ring (bicyclic) bond motifs is 2. The average molecular weight is 678 g/mol. The molecule has 0 aliphatic carbocycles. The summed E-state index contributed by atoms with van der Waals surface area (Å²) in [6.45, 7) is -0.373. The predicted molar refractivity (Wildman–Crippen MR) is 167 cm³/mol. The van der Waals surface area contributed by atoms with Gasteiger partial charge in [-0.1, -0.05) is 23.2 Å². The summed E-state index contributed by atoms with van der Waals surface area (Å²) < 4.78 is 32.0. The second-order valence-corrected chi connectivity index (χ2v) is 11.3. The van der Waals surface area contributed by atoms with Crippen LogP contribution in [0.5, 0.6) is 17.2 Å². The Kier molecular flexibility index (Phi) is 8.31.